The number of carbonyl (C=O) groups excluding carboxylic acids is 2. The molecule has 0 saturated heterocycles. The van der Waals surface area contributed by atoms with Crippen molar-refractivity contribution in [1.82, 2.24) is 19.9 Å². The number of aromatic nitrogens is 4. The second-order valence-electron chi connectivity index (χ2n) is 7.73. The number of hydrogen-bond acceptors (Lipinski definition) is 4. The second kappa shape index (κ2) is 7.62. The summed E-state index contributed by atoms with van der Waals surface area (Å²) in [5.41, 5.74) is 3.41. The molecular weight excluding hydrogens is 380 g/mol. The van der Waals surface area contributed by atoms with Gasteiger partial charge in [0.05, 0.1) is 22.1 Å². The lowest BCUT2D eigenvalue weighted by atomic mass is 9.81. The van der Waals surface area contributed by atoms with Gasteiger partial charge in [-0.15, -0.1) is 0 Å². The predicted octanol–water partition coefficient (Wildman–Crippen LogP) is 3.82. The Morgan fingerprint density at radius 2 is 1.10 bits per heavy atom. The van der Waals surface area contributed by atoms with Crippen LogP contribution in [-0.4, -0.2) is 31.8 Å². The number of H-pyrrole nitrogens is 2. The number of anilines is 2. The number of carbonyl (C=O) groups is 2. The third-order valence-corrected chi connectivity index (χ3v) is 5.73. The van der Waals surface area contributed by atoms with E-state index in [1.54, 1.807) is 0 Å². The number of fused-ring (bicyclic) bond motifs is 2. The Hall–Kier alpha value is -3.68. The van der Waals surface area contributed by atoms with E-state index in [0.717, 1.165) is 22.1 Å². The number of hydrogen-bond donors (Lipinski definition) is 4. The van der Waals surface area contributed by atoms with Gasteiger partial charge in [-0.05, 0) is 49.9 Å². The first-order valence-electron chi connectivity index (χ1n) is 10.2. The summed E-state index contributed by atoms with van der Waals surface area (Å²) in [6, 6.07) is 15.3. The lowest BCUT2D eigenvalue weighted by Crippen LogP contribution is -2.32. The van der Waals surface area contributed by atoms with E-state index in [9.17, 15) is 9.59 Å². The molecule has 0 bridgehead atoms. The summed E-state index contributed by atoms with van der Waals surface area (Å²) < 4.78 is 0. The number of nitrogens with zero attached hydrogens (tertiary/aromatic N) is 2. The zero-order chi connectivity index (χ0) is 20.5. The molecule has 4 N–H and O–H groups in total. The van der Waals surface area contributed by atoms with Gasteiger partial charge in [0.1, 0.15) is 0 Å². The molecule has 4 aromatic rings. The van der Waals surface area contributed by atoms with Crippen LogP contribution in [0.15, 0.2) is 48.5 Å². The summed E-state index contributed by atoms with van der Waals surface area (Å²) >= 11 is 0. The van der Waals surface area contributed by atoms with Crippen LogP contribution in [0.2, 0.25) is 0 Å². The van der Waals surface area contributed by atoms with Crippen molar-refractivity contribution in [3.05, 3.63) is 48.5 Å². The maximum Gasteiger partial charge on any atom is 0.229 e. The Labute approximate surface area is 172 Å². The molecular formula is C22H22N6O2. The van der Waals surface area contributed by atoms with Crippen LogP contribution in [0.4, 0.5) is 11.9 Å². The Bertz CT molecular complexity index is 1060. The molecule has 5 rings (SSSR count). The fourth-order valence-corrected chi connectivity index (χ4v) is 4.08. The summed E-state index contributed by atoms with van der Waals surface area (Å²) in [7, 11) is 0. The van der Waals surface area contributed by atoms with E-state index in [-0.39, 0.29) is 23.7 Å². The smallest absolute Gasteiger partial charge is 0.229 e. The van der Waals surface area contributed by atoms with E-state index in [1.807, 2.05) is 48.5 Å². The minimum absolute atomic E-state index is 0.0507. The highest BCUT2D eigenvalue weighted by Crippen LogP contribution is 2.30. The highest BCUT2D eigenvalue weighted by molar-refractivity contribution is 5.94. The highest BCUT2D eigenvalue weighted by Gasteiger charge is 2.30. The van der Waals surface area contributed by atoms with Crippen LogP contribution >= 0.6 is 0 Å². The lowest BCUT2D eigenvalue weighted by molar-refractivity contribution is -0.125. The van der Waals surface area contributed by atoms with Crippen molar-refractivity contribution < 1.29 is 9.59 Å². The topological polar surface area (TPSA) is 116 Å². The Balaban J connectivity index is 1.16. The van der Waals surface area contributed by atoms with Crippen LogP contribution < -0.4 is 10.6 Å². The van der Waals surface area contributed by atoms with Gasteiger partial charge in [0.2, 0.25) is 23.7 Å². The van der Waals surface area contributed by atoms with E-state index in [1.165, 1.54) is 0 Å². The molecule has 1 aliphatic carbocycles. The van der Waals surface area contributed by atoms with Crippen molar-refractivity contribution >= 4 is 45.8 Å². The number of rotatable bonds is 4. The van der Waals surface area contributed by atoms with Gasteiger partial charge in [0.15, 0.2) is 0 Å². The van der Waals surface area contributed by atoms with Gasteiger partial charge >= 0.3 is 0 Å². The average molecular weight is 402 g/mol. The van der Waals surface area contributed by atoms with Crippen molar-refractivity contribution in [3.63, 3.8) is 0 Å². The van der Waals surface area contributed by atoms with Crippen LogP contribution in [0, 0.1) is 11.8 Å². The molecule has 1 fully saturated rings. The van der Waals surface area contributed by atoms with Crippen molar-refractivity contribution in [3.8, 4) is 0 Å². The largest absolute Gasteiger partial charge is 0.324 e. The molecule has 8 heteroatoms. The quantitative estimate of drug-likeness (QED) is 0.415. The SMILES string of the molecule is O=C(Nc1nc2ccccc2[nH]1)C1CCC(C(=O)Nc2nc3ccccc3[nH]2)CC1. The molecule has 2 aromatic carbocycles. The summed E-state index contributed by atoms with van der Waals surface area (Å²) in [6.45, 7) is 0. The Morgan fingerprint density at radius 3 is 1.50 bits per heavy atom. The minimum Gasteiger partial charge on any atom is -0.324 e. The zero-order valence-corrected chi connectivity index (χ0v) is 16.3. The molecule has 1 aliphatic rings. The normalized spacial score (nSPS) is 19.1. The number of nitrogens with one attached hydrogen (secondary N) is 4. The van der Waals surface area contributed by atoms with Gasteiger partial charge < -0.3 is 9.97 Å². The first-order valence-corrected chi connectivity index (χ1v) is 10.2. The van der Waals surface area contributed by atoms with Crippen LogP contribution in [0.25, 0.3) is 22.1 Å². The van der Waals surface area contributed by atoms with Crippen LogP contribution in [0.1, 0.15) is 25.7 Å². The summed E-state index contributed by atoms with van der Waals surface area (Å²) in [5.74, 6) is 0.592. The van der Waals surface area contributed by atoms with Crippen molar-refractivity contribution in [2.24, 2.45) is 11.8 Å². The molecule has 2 aromatic heterocycles. The van der Waals surface area contributed by atoms with Crippen molar-refractivity contribution in [2.75, 3.05) is 10.6 Å². The number of aromatic amines is 2. The maximum absolute atomic E-state index is 12.6. The molecule has 1 saturated carbocycles. The molecule has 152 valence electrons. The number of benzene rings is 2. The fraction of sp³-hybridized carbons (Fsp3) is 0.273. The van der Waals surface area contributed by atoms with Crippen molar-refractivity contribution in [2.45, 2.75) is 25.7 Å². The number of imidazole rings is 2. The third kappa shape index (κ3) is 3.63. The summed E-state index contributed by atoms with van der Waals surface area (Å²) in [5, 5.41) is 5.76. The van der Waals surface area contributed by atoms with Gasteiger partial charge in [0, 0.05) is 11.8 Å². The van der Waals surface area contributed by atoms with Gasteiger partial charge in [-0.3, -0.25) is 20.2 Å². The van der Waals surface area contributed by atoms with Crippen LogP contribution in [-0.2, 0) is 9.59 Å². The van der Waals surface area contributed by atoms with Crippen molar-refractivity contribution in [1.29, 1.82) is 0 Å². The van der Waals surface area contributed by atoms with Gasteiger partial charge in [0.25, 0.3) is 0 Å². The molecule has 0 atom stereocenters. The molecule has 0 spiro atoms. The number of para-hydroxylation sites is 4. The second-order valence-corrected chi connectivity index (χ2v) is 7.73. The fourth-order valence-electron chi connectivity index (χ4n) is 4.08. The Kier molecular flexibility index (Phi) is 4.66. The van der Waals surface area contributed by atoms with Gasteiger partial charge in [-0.1, -0.05) is 24.3 Å². The summed E-state index contributed by atoms with van der Waals surface area (Å²) in [6.07, 6.45) is 2.68. The standard InChI is InChI=1S/C22H22N6O2/c29-19(27-21-23-15-5-1-2-6-16(15)24-21)13-9-11-14(12-10-13)20(30)28-22-25-17-7-3-4-8-18(17)26-22/h1-8,13-14H,9-12H2,(H2,23,24,27,29)(H2,25,26,28,30). The van der Waals surface area contributed by atoms with E-state index in [0.29, 0.717) is 37.6 Å². The first-order chi connectivity index (χ1) is 14.7. The third-order valence-electron chi connectivity index (χ3n) is 5.73. The lowest BCUT2D eigenvalue weighted by Gasteiger charge is -2.26. The van der Waals surface area contributed by atoms with E-state index >= 15 is 0 Å². The molecule has 30 heavy (non-hydrogen) atoms. The van der Waals surface area contributed by atoms with Gasteiger partial charge in [-0.2, -0.15) is 0 Å². The van der Waals surface area contributed by atoms with Crippen LogP contribution in [0.3, 0.4) is 0 Å². The average Bonchev–Trinajstić information content (AvgIpc) is 3.36. The monoisotopic (exact) mass is 402 g/mol. The first kappa shape index (κ1) is 18.4. The maximum atomic E-state index is 12.6. The van der Waals surface area contributed by atoms with E-state index < -0.39 is 0 Å². The van der Waals surface area contributed by atoms with E-state index in [4.69, 9.17) is 0 Å². The minimum atomic E-state index is -0.117. The van der Waals surface area contributed by atoms with Gasteiger partial charge in [-0.25, -0.2) is 9.97 Å². The predicted molar refractivity (Wildman–Crippen MR) is 115 cm³/mol. The number of amides is 2. The molecule has 2 heterocycles. The highest BCUT2D eigenvalue weighted by atomic mass is 16.2. The Morgan fingerprint density at radius 1 is 0.700 bits per heavy atom. The molecule has 0 unspecified atom stereocenters. The van der Waals surface area contributed by atoms with Crippen LogP contribution in [0.5, 0.6) is 0 Å². The van der Waals surface area contributed by atoms with E-state index in [2.05, 4.69) is 30.6 Å². The molecule has 2 amide bonds. The summed E-state index contributed by atoms with van der Waals surface area (Å²) in [4.78, 5) is 40.3. The molecule has 0 aliphatic heterocycles. The molecule has 0 radical (unpaired) electrons. The molecule has 8 nitrogen and oxygen atoms in total. The zero-order valence-electron chi connectivity index (χ0n) is 16.3.